The lowest BCUT2D eigenvalue weighted by Crippen LogP contribution is -2.39. The lowest BCUT2D eigenvalue weighted by Gasteiger charge is -2.17. The maximum absolute atomic E-state index is 12.2. The monoisotopic (exact) mass is 360 g/mol. The SMILES string of the molecule is CC(C)CNC(=O)CN(C)C(=O)c1ccc(Cl)c(Br)c1. The molecule has 0 saturated heterocycles. The van der Waals surface area contributed by atoms with E-state index in [-0.39, 0.29) is 18.4 Å². The van der Waals surface area contributed by atoms with Gasteiger partial charge in [-0.25, -0.2) is 0 Å². The third kappa shape index (κ3) is 5.13. The van der Waals surface area contributed by atoms with Crippen LogP contribution in [0, 0.1) is 5.92 Å². The molecule has 0 aliphatic rings. The molecule has 0 spiro atoms. The number of halogens is 2. The highest BCUT2D eigenvalue weighted by Crippen LogP contribution is 2.23. The summed E-state index contributed by atoms with van der Waals surface area (Å²) in [5, 5.41) is 3.32. The number of hydrogen-bond acceptors (Lipinski definition) is 2. The quantitative estimate of drug-likeness (QED) is 0.876. The molecule has 0 atom stereocenters. The van der Waals surface area contributed by atoms with E-state index in [1.807, 2.05) is 13.8 Å². The molecule has 0 saturated carbocycles. The molecule has 1 aromatic rings. The van der Waals surface area contributed by atoms with Crippen molar-refractivity contribution in [3.05, 3.63) is 33.3 Å². The van der Waals surface area contributed by atoms with Crippen molar-refractivity contribution < 1.29 is 9.59 Å². The predicted molar refractivity (Wildman–Crippen MR) is 84.0 cm³/mol. The molecule has 0 radical (unpaired) electrons. The fourth-order valence-corrected chi connectivity index (χ4v) is 2.01. The second-order valence-corrected chi connectivity index (χ2v) is 6.25. The Kier molecular flexibility index (Phi) is 6.49. The van der Waals surface area contributed by atoms with Gasteiger partial charge in [0.2, 0.25) is 5.91 Å². The number of nitrogens with zero attached hydrogens (tertiary/aromatic N) is 1. The minimum Gasteiger partial charge on any atom is -0.354 e. The molecule has 0 heterocycles. The van der Waals surface area contributed by atoms with E-state index in [0.717, 1.165) is 0 Å². The molecule has 1 N–H and O–H groups in total. The van der Waals surface area contributed by atoms with Crippen LogP contribution in [-0.4, -0.2) is 36.9 Å². The van der Waals surface area contributed by atoms with Crippen LogP contribution < -0.4 is 5.32 Å². The van der Waals surface area contributed by atoms with Crippen molar-refractivity contribution in [1.29, 1.82) is 0 Å². The van der Waals surface area contributed by atoms with Crippen LogP contribution in [0.2, 0.25) is 5.02 Å². The van der Waals surface area contributed by atoms with Gasteiger partial charge < -0.3 is 10.2 Å². The van der Waals surface area contributed by atoms with Crippen LogP contribution in [0.15, 0.2) is 22.7 Å². The molecule has 0 unspecified atom stereocenters. The molecule has 0 bridgehead atoms. The van der Waals surface area contributed by atoms with E-state index in [4.69, 9.17) is 11.6 Å². The summed E-state index contributed by atoms with van der Waals surface area (Å²) in [4.78, 5) is 25.2. The largest absolute Gasteiger partial charge is 0.354 e. The maximum atomic E-state index is 12.2. The van der Waals surface area contributed by atoms with Crippen LogP contribution in [0.5, 0.6) is 0 Å². The van der Waals surface area contributed by atoms with Gasteiger partial charge in [0.15, 0.2) is 0 Å². The van der Waals surface area contributed by atoms with Crippen molar-refractivity contribution in [3.8, 4) is 0 Å². The topological polar surface area (TPSA) is 49.4 Å². The van der Waals surface area contributed by atoms with Gasteiger partial charge in [-0.15, -0.1) is 0 Å². The Balaban J connectivity index is 2.62. The Morgan fingerprint density at radius 2 is 2.05 bits per heavy atom. The van der Waals surface area contributed by atoms with E-state index in [2.05, 4.69) is 21.2 Å². The number of likely N-dealkylation sites (N-methyl/N-ethyl adjacent to an activating group) is 1. The van der Waals surface area contributed by atoms with E-state index in [9.17, 15) is 9.59 Å². The molecule has 0 aromatic heterocycles. The minimum absolute atomic E-state index is 0.0335. The molecule has 0 aliphatic heterocycles. The Bertz CT molecular complexity index is 506. The van der Waals surface area contributed by atoms with Crippen LogP contribution in [-0.2, 0) is 4.79 Å². The van der Waals surface area contributed by atoms with Crippen molar-refractivity contribution in [1.82, 2.24) is 10.2 Å². The average Bonchev–Trinajstić information content (AvgIpc) is 2.38. The first-order chi connectivity index (χ1) is 9.31. The molecule has 2 amide bonds. The van der Waals surface area contributed by atoms with Crippen LogP contribution in [0.4, 0.5) is 0 Å². The zero-order chi connectivity index (χ0) is 15.3. The van der Waals surface area contributed by atoms with Gasteiger partial charge in [0, 0.05) is 23.6 Å². The van der Waals surface area contributed by atoms with E-state index in [1.54, 1.807) is 25.2 Å². The molecule has 0 aliphatic carbocycles. The number of amides is 2. The first-order valence-corrected chi connectivity index (χ1v) is 7.45. The summed E-state index contributed by atoms with van der Waals surface area (Å²) in [6.45, 7) is 4.67. The number of hydrogen-bond donors (Lipinski definition) is 1. The minimum atomic E-state index is -0.220. The van der Waals surface area contributed by atoms with Crippen LogP contribution in [0.1, 0.15) is 24.2 Å². The molecular formula is C14H18BrClN2O2. The van der Waals surface area contributed by atoms with E-state index < -0.39 is 0 Å². The Morgan fingerprint density at radius 3 is 2.60 bits per heavy atom. The second-order valence-electron chi connectivity index (χ2n) is 4.99. The van der Waals surface area contributed by atoms with Crippen LogP contribution >= 0.6 is 27.5 Å². The maximum Gasteiger partial charge on any atom is 0.254 e. The first-order valence-electron chi connectivity index (χ1n) is 6.28. The zero-order valence-corrected chi connectivity index (χ0v) is 14.1. The fourth-order valence-electron chi connectivity index (χ4n) is 1.51. The highest BCUT2D eigenvalue weighted by molar-refractivity contribution is 9.10. The van der Waals surface area contributed by atoms with Crippen molar-refractivity contribution in [2.45, 2.75) is 13.8 Å². The molecule has 6 heteroatoms. The number of carbonyl (C=O) groups excluding carboxylic acids is 2. The van der Waals surface area contributed by atoms with Gasteiger partial charge in [0.1, 0.15) is 0 Å². The summed E-state index contributed by atoms with van der Waals surface area (Å²) < 4.78 is 0.655. The van der Waals surface area contributed by atoms with Crippen molar-refractivity contribution >= 4 is 39.3 Å². The fraction of sp³-hybridized carbons (Fsp3) is 0.429. The lowest BCUT2D eigenvalue weighted by atomic mass is 10.2. The molecular weight excluding hydrogens is 344 g/mol. The molecule has 1 rings (SSSR count). The average molecular weight is 362 g/mol. The van der Waals surface area contributed by atoms with Crippen LogP contribution in [0.3, 0.4) is 0 Å². The van der Waals surface area contributed by atoms with E-state index in [1.165, 1.54) is 4.90 Å². The van der Waals surface area contributed by atoms with Crippen molar-refractivity contribution in [2.75, 3.05) is 20.1 Å². The number of carbonyl (C=O) groups is 2. The number of benzene rings is 1. The lowest BCUT2D eigenvalue weighted by molar-refractivity contribution is -0.121. The standard InChI is InChI=1S/C14H18BrClN2O2/c1-9(2)7-17-13(19)8-18(3)14(20)10-4-5-12(16)11(15)6-10/h4-6,9H,7-8H2,1-3H3,(H,17,19). The summed E-state index contributed by atoms with van der Waals surface area (Å²) in [6, 6.07) is 4.93. The second kappa shape index (κ2) is 7.64. The third-order valence-corrected chi connectivity index (χ3v) is 3.82. The van der Waals surface area contributed by atoms with Crippen molar-refractivity contribution in [3.63, 3.8) is 0 Å². The molecule has 110 valence electrons. The Labute approximate surface area is 132 Å². The van der Waals surface area contributed by atoms with Gasteiger partial charge in [-0.1, -0.05) is 25.4 Å². The first kappa shape index (κ1) is 17.0. The van der Waals surface area contributed by atoms with Gasteiger partial charge in [-0.2, -0.15) is 0 Å². The summed E-state index contributed by atoms with van der Waals surface area (Å²) in [5.74, 6) is -0.00294. The van der Waals surface area contributed by atoms with Gasteiger partial charge >= 0.3 is 0 Å². The summed E-state index contributed by atoms with van der Waals surface area (Å²) >= 11 is 9.16. The Hall–Kier alpha value is -1.07. The third-order valence-electron chi connectivity index (χ3n) is 2.60. The summed E-state index contributed by atoms with van der Waals surface area (Å²) in [6.07, 6.45) is 0. The highest BCUT2D eigenvalue weighted by atomic mass is 79.9. The summed E-state index contributed by atoms with van der Waals surface area (Å²) in [7, 11) is 1.60. The molecule has 0 fully saturated rings. The molecule has 4 nitrogen and oxygen atoms in total. The Morgan fingerprint density at radius 1 is 1.40 bits per heavy atom. The molecule has 1 aromatic carbocycles. The zero-order valence-electron chi connectivity index (χ0n) is 11.7. The van der Waals surface area contributed by atoms with Gasteiger partial charge in [0.25, 0.3) is 5.91 Å². The van der Waals surface area contributed by atoms with Crippen LogP contribution in [0.25, 0.3) is 0 Å². The van der Waals surface area contributed by atoms with Gasteiger partial charge in [-0.3, -0.25) is 9.59 Å². The highest BCUT2D eigenvalue weighted by Gasteiger charge is 2.15. The van der Waals surface area contributed by atoms with Gasteiger partial charge in [0.05, 0.1) is 11.6 Å². The summed E-state index contributed by atoms with van der Waals surface area (Å²) in [5.41, 5.74) is 0.487. The number of nitrogens with one attached hydrogen (secondary N) is 1. The predicted octanol–water partition coefficient (Wildman–Crippen LogP) is 2.95. The van der Waals surface area contributed by atoms with E-state index in [0.29, 0.717) is 27.5 Å². The normalized spacial score (nSPS) is 10.5. The van der Waals surface area contributed by atoms with Crippen molar-refractivity contribution in [2.24, 2.45) is 5.92 Å². The smallest absolute Gasteiger partial charge is 0.254 e. The molecule has 20 heavy (non-hydrogen) atoms. The van der Waals surface area contributed by atoms with Gasteiger partial charge in [-0.05, 0) is 40.0 Å². The number of rotatable bonds is 5. The van der Waals surface area contributed by atoms with E-state index >= 15 is 0 Å².